The zero-order valence-corrected chi connectivity index (χ0v) is 13.6. The highest BCUT2D eigenvalue weighted by molar-refractivity contribution is 5.86. The summed E-state index contributed by atoms with van der Waals surface area (Å²) in [6, 6.07) is 7.82. The lowest BCUT2D eigenvalue weighted by Gasteiger charge is -2.32. The number of nitrogen functional groups attached to an aromatic ring is 1. The van der Waals surface area contributed by atoms with Crippen molar-refractivity contribution in [2.24, 2.45) is 5.41 Å². The SMILES string of the molecule is Cl.Cl.Nc1ccccc1CN1CCC2(CCNCC2)C1=O. The van der Waals surface area contributed by atoms with Crippen molar-refractivity contribution < 1.29 is 4.79 Å². The molecule has 2 saturated heterocycles. The van der Waals surface area contributed by atoms with Crippen molar-refractivity contribution in [3.63, 3.8) is 0 Å². The lowest BCUT2D eigenvalue weighted by Crippen LogP contribution is -2.42. The molecule has 21 heavy (non-hydrogen) atoms. The summed E-state index contributed by atoms with van der Waals surface area (Å²) in [7, 11) is 0. The van der Waals surface area contributed by atoms with Crippen LogP contribution in [0.15, 0.2) is 24.3 Å². The van der Waals surface area contributed by atoms with Gasteiger partial charge in [-0.1, -0.05) is 18.2 Å². The standard InChI is InChI=1S/C15H21N3O.2ClH/c16-13-4-2-1-3-12(13)11-18-10-7-15(14(18)19)5-8-17-9-6-15;;/h1-4,17H,5-11,16H2;2*1H. The molecule has 0 radical (unpaired) electrons. The van der Waals surface area contributed by atoms with E-state index in [0.717, 1.165) is 50.1 Å². The van der Waals surface area contributed by atoms with E-state index in [4.69, 9.17) is 5.73 Å². The van der Waals surface area contributed by atoms with Crippen LogP contribution in [0.3, 0.4) is 0 Å². The lowest BCUT2D eigenvalue weighted by atomic mass is 9.78. The van der Waals surface area contributed by atoms with E-state index in [0.29, 0.717) is 12.5 Å². The molecule has 3 rings (SSSR count). The van der Waals surface area contributed by atoms with Crippen molar-refractivity contribution in [2.75, 3.05) is 25.4 Å². The minimum absolute atomic E-state index is 0. The molecule has 2 heterocycles. The summed E-state index contributed by atoms with van der Waals surface area (Å²) in [4.78, 5) is 14.6. The minimum Gasteiger partial charge on any atom is -0.398 e. The fraction of sp³-hybridized carbons (Fsp3) is 0.533. The highest BCUT2D eigenvalue weighted by atomic mass is 35.5. The highest BCUT2D eigenvalue weighted by Crippen LogP contribution is 2.40. The van der Waals surface area contributed by atoms with Crippen LogP contribution in [0, 0.1) is 5.41 Å². The maximum absolute atomic E-state index is 12.7. The first-order chi connectivity index (χ1) is 9.21. The third kappa shape index (κ3) is 3.44. The number of amides is 1. The van der Waals surface area contributed by atoms with Crippen molar-refractivity contribution in [1.82, 2.24) is 10.2 Å². The quantitative estimate of drug-likeness (QED) is 0.817. The highest BCUT2D eigenvalue weighted by Gasteiger charge is 2.46. The van der Waals surface area contributed by atoms with Gasteiger partial charge in [0.15, 0.2) is 0 Å². The zero-order chi connectivity index (χ0) is 13.3. The Morgan fingerprint density at radius 1 is 1.14 bits per heavy atom. The largest absolute Gasteiger partial charge is 0.398 e. The Kier molecular flexibility index (Phi) is 6.32. The molecule has 0 aliphatic carbocycles. The van der Waals surface area contributed by atoms with Crippen LogP contribution in [-0.2, 0) is 11.3 Å². The average Bonchev–Trinajstić information content (AvgIpc) is 2.72. The number of anilines is 1. The summed E-state index contributed by atoms with van der Waals surface area (Å²) >= 11 is 0. The zero-order valence-electron chi connectivity index (χ0n) is 12.0. The van der Waals surface area contributed by atoms with Gasteiger partial charge in [-0.15, -0.1) is 24.8 Å². The minimum atomic E-state index is -0.0885. The first-order valence-electron chi connectivity index (χ1n) is 7.05. The van der Waals surface area contributed by atoms with Crippen LogP contribution in [0.1, 0.15) is 24.8 Å². The van der Waals surface area contributed by atoms with Gasteiger partial charge in [-0.25, -0.2) is 0 Å². The van der Waals surface area contributed by atoms with Gasteiger partial charge < -0.3 is 16.0 Å². The maximum Gasteiger partial charge on any atom is 0.229 e. The first-order valence-corrected chi connectivity index (χ1v) is 7.05. The maximum atomic E-state index is 12.7. The molecule has 0 aromatic heterocycles. The van der Waals surface area contributed by atoms with Crippen molar-refractivity contribution >= 4 is 36.4 Å². The molecule has 2 aliphatic rings. The van der Waals surface area contributed by atoms with E-state index in [-0.39, 0.29) is 30.2 Å². The fourth-order valence-electron chi connectivity index (χ4n) is 3.30. The van der Waals surface area contributed by atoms with E-state index in [1.54, 1.807) is 0 Å². The van der Waals surface area contributed by atoms with Crippen molar-refractivity contribution in [3.8, 4) is 0 Å². The van der Waals surface area contributed by atoms with E-state index in [1.807, 2.05) is 29.2 Å². The molecule has 1 aromatic carbocycles. The Bertz CT molecular complexity index is 490. The predicted molar refractivity (Wildman–Crippen MR) is 89.9 cm³/mol. The van der Waals surface area contributed by atoms with Gasteiger partial charge in [-0.2, -0.15) is 0 Å². The molecular weight excluding hydrogens is 309 g/mol. The van der Waals surface area contributed by atoms with Crippen LogP contribution in [0.4, 0.5) is 5.69 Å². The van der Waals surface area contributed by atoms with Crippen LogP contribution in [0.2, 0.25) is 0 Å². The Morgan fingerprint density at radius 3 is 2.48 bits per heavy atom. The van der Waals surface area contributed by atoms with Crippen LogP contribution in [0.5, 0.6) is 0 Å². The molecular formula is C15H23Cl2N3O. The fourth-order valence-corrected chi connectivity index (χ4v) is 3.30. The predicted octanol–water partition coefficient (Wildman–Crippen LogP) is 2.21. The summed E-state index contributed by atoms with van der Waals surface area (Å²) in [5.74, 6) is 0.331. The first kappa shape index (κ1) is 18.1. The summed E-state index contributed by atoms with van der Waals surface area (Å²) in [5.41, 5.74) is 7.71. The van der Waals surface area contributed by atoms with Crippen molar-refractivity contribution in [1.29, 1.82) is 0 Å². The van der Waals surface area contributed by atoms with Gasteiger partial charge in [-0.05, 0) is 44.0 Å². The number of carbonyl (C=O) groups is 1. The number of likely N-dealkylation sites (tertiary alicyclic amines) is 1. The van der Waals surface area contributed by atoms with Gasteiger partial charge in [-0.3, -0.25) is 4.79 Å². The third-order valence-electron chi connectivity index (χ3n) is 4.58. The van der Waals surface area contributed by atoms with E-state index in [9.17, 15) is 4.79 Å². The number of rotatable bonds is 2. The summed E-state index contributed by atoms with van der Waals surface area (Å²) in [6.45, 7) is 3.45. The second-order valence-corrected chi connectivity index (χ2v) is 5.71. The molecule has 118 valence electrons. The molecule has 0 unspecified atom stereocenters. The van der Waals surface area contributed by atoms with Crippen molar-refractivity contribution in [2.45, 2.75) is 25.8 Å². The summed E-state index contributed by atoms with van der Waals surface area (Å²) in [5, 5.41) is 3.34. The number of hydrogen-bond acceptors (Lipinski definition) is 3. The van der Waals surface area contributed by atoms with Gasteiger partial charge in [0.25, 0.3) is 0 Å². The third-order valence-corrected chi connectivity index (χ3v) is 4.58. The van der Waals surface area contributed by atoms with Crippen LogP contribution in [-0.4, -0.2) is 30.4 Å². The number of para-hydroxylation sites is 1. The van der Waals surface area contributed by atoms with E-state index in [1.165, 1.54) is 0 Å². The van der Waals surface area contributed by atoms with Crippen molar-refractivity contribution in [3.05, 3.63) is 29.8 Å². The molecule has 4 nitrogen and oxygen atoms in total. The number of piperidine rings is 1. The number of nitrogens with zero attached hydrogens (tertiary/aromatic N) is 1. The normalized spacial score (nSPS) is 20.0. The molecule has 2 aliphatic heterocycles. The Morgan fingerprint density at radius 2 is 1.81 bits per heavy atom. The van der Waals surface area contributed by atoms with Gasteiger partial charge in [0.05, 0.1) is 5.41 Å². The van der Waals surface area contributed by atoms with Gasteiger partial charge in [0, 0.05) is 18.8 Å². The van der Waals surface area contributed by atoms with Gasteiger partial charge >= 0.3 is 0 Å². The Hall–Kier alpha value is -0.970. The number of benzene rings is 1. The number of hydrogen-bond donors (Lipinski definition) is 2. The average molecular weight is 332 g/mol. The summed E-state index contributed by atoms with van der Waals surface area (Å²) in [6.07, 6.45) is 2.96. The number of halogens is 2. The van der Waals surface area contributed by atoms with E-state index in [2.05, 4.69) is 5.32 Å². The topological polar surface area (TPSA) is 58.4 Å². The van der Waals surface area contributed by atoms with Crippen LogP contribution < -0.4 is 11.1 Å². The number of carbonyl (C=O) groups excluding carboxylic acids is 1. The molecule has 6 heteroatoms. The Balaban J connectivity index is 0.00000110. The smallest absolute Gasteiger partial charge is 0.229 e. The lowest BCUT2D eigenvalue weighted by molar-refractivity contribution is -0.137. The number of nitrogens with one attached hydrogen (secondary N) is 1. The summed E-state index contributed by atoms with van der Waals surface area (Å²) < 4.78 is 0. The van der Waals surface area contributed by atoms with E-state index < -0.39 is 0 Å². The molecule has 2 fully saturated rings. The molecule has 0 saturated carbocycles. The van der Waals surface area contributed by atoms with Crippen LogP contribution >= 0.6 is 24.8 Å². The molecule has 0 bridgehead atoms. The number of nitrogens with two attached hydrogens (primary N) is 1. The van der Waals surface area contributed by atoms with E-state index >= 15 is 0 Å². The van der Waals surface area contributed by atoms with Gasteiger partial charge in [0.1, 0.15) is 0 Å². The molecule has 1 aromatic rings. The monoisotopic (exact) mass is 331 g/mol. The molecule has 1 amide bonds. The van der Waals surface area contributed by atoms with Gasteiger partial charge in [0.2, 0.25) is 5.91 Å². The second-order valence-electron chi connectivity index (χ2n) is 5.71. The second kappa shape index (κ2) is 7.34. The molecule has 3 N–H and O–H groups in total. The van der Waals surface area contributed by atoms with Crippen LogP contribution in [0.25, 0.3) is 0 Å². The molecule has 1 spiro atoms. The molecule has 0 atom stereocenters. The Labute approximate surface area is 138 Å².